The monoisotopic (exact) mass is 743 g/mol. The van der Waals surface area contributed by atoms with E-state index >= 15 is 0 Å². The van der Waals surface area contributed by atoms with E-state index in [0.29, 0.717) is 16.7 Å². The second kappa shape index (κ2) is 12.6. The lowest BCUT2D eigenvalue weighted by molar-refractivity contribution is 0.316. The van der Waals surface area contributed by atoms with Gasteiger partial charge in [0, 0.05) is 39.0 Å². The van der Waals surface area contributed by atoms with E-state index in [1.807, 2.05) is 48.5 Å². The molecule has 14 nitrogen and oxygen atoms in total. The highest BCUT2D eigenvalue weighted by atomic mass is 16.4. The maximum atomic E-state index is 10.9. The van der Waals surface area contributed by atoms with Gasteiger partial charge in [0.25, 0.3) is 0 Å². The Kier molecular flexibility index (Phi) is 7.93. The van der Waals surface area contributed by atoms with E-state index in [0.717, 1.165) is 38.3 Å². The van der Waals surface area contributed by atoms with Gasteiger partial charge in [0.1, 0.15) is 17.3 Å². The number of furan rings is 1. The molecule has 2 aromatic heterocycles. The summed E-state index contributed by atoms with van der Waals surface area (Å²) >= 11 is 0. The zero-order chi connectivity index (χ0) is 39.0. The molecule has 2 atom stereocenters. The highest BCUT2D eigenvalue weighted by molar-refractivity contribution is 6.10. The van der Waals surface area contributed by atoms with Crippen molar-refractivity contribution in [2.45, 2.75) is 26.1 Å². The second-order valence-electron chi connectivity index (χ2n) is 13.2. The average molecular weight is 744 g/mol. The molecule has 0 saturated heterocycles. The quantitative estimate of drug-likeness (QED) is 0.0429. The van der Waals surface area contributed by atoms with Gasteiger partial charge in [0.05, 0.1) is 22.2 Å². The fourth-order valence-electron chi connectivity index (χ4n) is 7.16. The van der Waals surface area contributed by atoms with Gasteiger partial charge in [-0.15, -0.1) is 0 Å². The van der Waals surface area contributed by atoms with E-state index < -0.39 is 80.8 Å². The molecular weight excluding hydrogens is 710 g/mol. The van der Waals surface area contributed by atoms with Crippen molar-refractivity contribution in [2.75, 3.05) is 0 Å². The van der Waals surface area contributed by atoms with Crippen molar-refractivity contribution in [2.24, 2.45) is 4.99 Å². The molecule has 0 aliphatic rings. The van der Waals surface area contributed by atoms with Crippen molar-refractivity contribution in [1.29, 1.82) is 0 Å². The SMILES string of the molecule is C/C(=N\C(NC(C)c1ccc2oc3ccc(-n4c5ccccc5c5ccccc54)cc3c2c1)c1c(O)c(O)c(O)c(O)c1O)c1c(O)c(O)c(O)c(O)c1O. The van der Waals surface area contributed by atoms with Gasteiger partial charge in [-0.3, -0.25) is 10.3 Å². The van der Waals surface area contributed by atoms with Crippen LogP contribution in [0.25, 0.3) is 49.4 Å². The molecule has 8 rings (SSSR count). The Hall–Kier alpha value is -7.45. The fourth-order valence-corrected chi connectivity index (χ4v) is 7.16. The summed E-state index contributed by atoms with van der Waals surface area (Å²) in [6, 6.07) is 27.0. The van der Waals surface area contributed by atoms with Gasteiger partial charge in [0.15, 0.2) is 23.0 Å². The van der Waals surface area contributed by atoms with Crippen molar-refractivity contribution in [3.63, 3.8) is 0 Å². The van der Waals surface area contributed by atoms with Crippen molar-refractivity contribution >= 4 is 49.5 Å². The number of hydrogen-bond donors (Lipinski definition) is 11. The van der Waals surface area contributed by atoms with Crippen molar-refractivity contribution in [3.8, 4) is 63.2 Å². The molecule has 0 saturated carbocycles. The van der Waals surface area contributed by atoms with Crippen LogP contribution in [0.15, 0.2) is 94.3 Å². The topological polar surface area (TPSA) is 245 Å². The number of phenols is 10. The lowest BCUT2D eigenvalue weighted by atomic mass is 10.0. The molecule has 6 aromatic carbocycles. The number of para-hydroxylation sites is 2. The molecule has 0 amide bonds. The predicted octanol–water partition coefficient (Wildman–Crippen LogP) is 7.60. The fraction of sp³-hybridized carbons (Fsp3) is 0.0976. The van der Waals surface area contributed by atoms with E-state index in [1.165, 1.54) is 6.92 Å². The van der Waals surface area contributed by atoms with Crippen LogP contribution < -0.4 is 5.32 Å². The van der Waals surface area contributed by atoms with Gasteiger partial charge in [-0.1, -0.05) is 42.5 Å². The highest BCUT2D eigenvalue weighted by Crippen LogP contribution is 2.54. The predicted molar refractivity (Wildman–Crippen MR) is 204 cm³/mol. The first-order valence-electron chi connectivity index (χ1n) is 16.9. The van der Waals surface area contributed by atoms with Crippen molar-refractivity contribution in [3.05, 3.63) is 102 Å². The molecule has 278 valence electrons. The Labute approximate surface area is 310 Å². The van der Waals surface area contributed by atoms with E-state index in [-0.39, 0.29) is 5.71 Å². The largest absolute Gasteiger partial charge is 0.504 e. The number of hydrogen-bond acceptors (Lipinski definition) is 13. The summed E-state index contributed by atoms with van der Waals surface area (Å²) in [6.07, 6.45) is -1.62. The van der Waals surface area contributed by atoms with Gasteiger partial charge >= 0.3 is 0 Å². The molecule has 55 heavy (non-hydrogen) atoms. The Morgan fingerprint density at radius 3 is 1.60 bits per heavy atom. The first-order chi connectivity index (χ1) is 26.3. The summed E-state index contributed by atoms with van der Waals surface area (Å²) in [6.45, 7) is 2.95. The Morgan fingerprint density at radius 1 is 0.564 bits per heavy atom. The molecule has 0 radical (unpaired) electrons. The number of fused-ring (bicyclic) bond motifs is 6. The van der Waals surface area contributed by atoms with Crippen LogP contribution in [0.3, 0.4) is 0 Å². The summed E-state index contributed by atoms with van der Waals surface area (Å²) in [4.78, 5) is 4.38. The van der Waals surface area contributed by atoms with Gasteiger partial charge in [0.2, 0.25) is 34.5 Å². The summed E-state index contributed by atoms with van der Waals surface area (Å²) in [5.41, 5.74) is 3.31. The van der Waals surface area contributed by atoms with E-state index in [2.05, 4.69) is 39.1 Å². The number of nitrogens with zero attached hydrogens (tertiary/aromatic N) is 2. The molecule has 8 aromatic rings. The number of nitrogens with one attached hydrogen (secondary N) is 1. The number of aromatic nitrogens is 1. The first kappa shape index (κ1) is 34.6. The van der Waals surface area contributed by atoms with Crippen LogP contribution in [0.5, 0.6) is 57.5 Å². The second-order valence-corrected chi connectivity index (χ2v) is 13.2. The molecule has 0 fully saturated rings. The Balaban J connectivity index is 1.24. The molecule has 0 bridgehead atoms. The minimum atomic E-state index is -1.62. The number of aromatic hydroxyl groups is 10. The smallest absolute Gasteiger partial charge is 0.208 e. The number of rotatable bonds is 7. The third-order valence-corrected chi connectivity index (χ3v) is 9.96. The minimum absolute atomic E-state index is 0.315. The van der Waals surface area contributed by atoms with Crippen molar-refractivity contribution in [1.82, 2.24) is 9.88 Å². The van der Waals surface area contributed by atoms with Crippen molar-refractivity contribution < 1.29 is 55.5 Å². The van der Waals surface area contributed by atoms with Gasteiger partial charge < -0.3 is 60.0 Å². The summed E-state index contributed by atoms with van der Waals surface area (Å²) in [5.74, 6) is -11.3. The molecule has 11 N–H and O–H groups in total. The van der Waals surface area contributed by atoms with Gasteiger partial charge in [-0.2, -0.15) is 0 Å². The number of aliphatic imine (C=N–C) groups is 1. The molecule has 0 spiro atoms. The first-order valence-corrected chi connectivity index (χ1v) is 16.9. The molecular formula is C41H33N3O11. The summed E-state index contributed by atoms with van der Waals surface area (Å²) in [7, 11) is 0. The van der Waals surface area contributed by atoms with Crippen LogP contribution >= 0.6 is 0 Å². The number of phenolic OH excluding ortho intramolecular Hbond substituents is 10. The molecule has 2 unspecified atom stereocenters. The Bertz CT molecular complexity index is 2800. The number of benzene rings is 6. The normalized spacial score (nSPS) is 13.3. The molecule has 2 heterocycles. The standard InChI is InChI=1S/C41H33N3O11/c1-17(42-41(30-33(47)37(51)40(54)38(52)34(30)48)43-18(2)29-31(45)35(49)39(53)36(50)32(29)46)19-11-13-27-23(15-19)24-16-20(12-14-28(24)55-27)44-25-9-5-3-7-21(25)22-8-4-6-10-26(22)44/h3-17,41-42,45-54H,1-2H3/b43-18+. The van der Waals surface area contributed by atoms with Crippen LogP contribution in [0, 0.1) is 0 Å². The molecule has 0 aliphatic carbocycles. The van der Waals surface area contributed by atoms with E-state index in [9.17, 15) is 51.1 Å². The minimum Gasteiger partial charge on any atom is -0.504 e. The van der Waals surface area contributed by atoms with Crippen LogP contribution in [0.1, 0.15) is 42.7 Å². The van der Waals surface area contributed by atoms with Crippen LogP contribution in [-0.4, -0.2) is 61.3 Å². The summed E-state index contributed by atoms with van der Waals surface area (Å²) in [5, 5.41) is 111. The van der Waals surface area contributed by atoms with Gasteiger partial charge in [-0.05, 0) is 61.9 Å². The zero-order valence-corrected chi connectivity index (χ0v) is 29.0. The third-order valence-electron chi connectivity index (χ3n) is 9.96. The van der Waals surface area contributed by atoms with Crippen LogP contribution in [0.4, 0.5) is 0 Å². The van der Waals surface area contributed by atoms with Crippen LogP contribution in [0.2, 0.25) is 0 Å². The highest BCUT2D eigenvalue weighted by Gasteiger charge is 2.31. The van der Waals surface area contributed by atoms with Crippen LogP contribution in [-0.2, 0) is 0 Å². The third kappa shape index (κ3) is 5.26. The zero-order valence-electron chi connectivity index (χ0n) is 29.0. The van der Waals surface area contributed by atoms with E-state index in [1.54, 1.807) is 19.1 Å². The average Bonchev–Trinajstić information content (AvgIpc) is 3.72. The lowest BCUT2D eigenvalue weighted by Gasteiger charge is -2.24. The maximum Gasteiger partial charge on any atom is 0.208 e. The lowest BCUT2D eigenvalue weighted by Crippen LogP contribution is -2.24. The Morgan fingerprint density at radius 2 is 1.04 bits per heavy atom. The summed E-state index contributed by atoms with van der Waals surface area (Å²) < 4.78 is 8.39. The molecule has 0 aliphatic heterocycles. The maximum absolute atomic E-state index is 10.9. The molecule has 14 heteroatoms. The van der Waals surface area contributed by atoms with E-state index in [4.69, 9.17) is 4.42 Å². The van der Waals surface area contributed by atoms with Gasteiger partial charge in [-0.25, -0.2) is 0 Å².